The highest BCUT2D eigenvalue weighted by Crippen LogP contribution is 2.27. The molecule has 0 aliphatic rings. The Balaban J connectivity index is 1.39. The van der Waals surface area contributed by atoms with Gasteiger partial charge in [0.25, 0.3) is 0 Å². The summed E-state index contributed by atoms with van der Waals surface area (Å²) in [6, 6.07) is 24.0. The van der Waals surface area contributed by atoms with Gasteiger partial charge in [0.05, 0.1) is 14.2 Å². The molecule has 1 heterocycles. The molecule has 0 unspecified atom stereocenters. The normalized spacial score (nSPS) is 10.8. The summed E-state index contributed by atoms with van der Waals surface area (Å²) in [5.41, 5.74) is 4.29. The molecule has 0 atom stereocenters. The first-order chi connectivity index (χ1) is 17.7. The highest BCUT2D eigenvalue weighted by Gasteiger charge is 2.06. The molecule has 4 aromatic rings. The Bertz CT molecular complexity index is 1300. The molecule has 1 amide bonds. The van der Waals surface area contributed by atoms with Crippen molar-refractivity contribution in [1.29, 1.82) is 0 Å². The van der Waals surface area contributed by atoms with Crippen LogP contribution in [0.5, 0.6) is 11.5 Å². The number of nitrogens with zero attached hydrogens (tertiary/aromatic N) is 1. The lowest BCUT2D eigenvalue weighted by Gasteiger charge is -2.10. The summed E-state index contributed by atoms with van der Waals surface area (Å²) in [6.07, 6.45) is 10.7. The van der Waals surface area contributed by atoms with E-state index in [1.54, 1.807) is 26.4 Å². The van der Waals surface area contributed by atoms with E-state index in [1.165, 1.54) is 16.3 Å². The molecule has 1 N–H and O–H groups in total. The predicted octanol–water partition coefficient (Wildman–Crippen LogP) is 5.99. The quantitative estimate of drug-likeness (QED) is 0.173. The van der Waals surface area contributed by atoms with Crippen molar-refractivity contribution in [1.82, 2.24) is 10.3 Å². The molecule has 0 aliphatic carbocycles. The highest BCUT2D eigenvalue weighted by atomic mass is 16.5. The smallest absolute Gasteiger partial charge is 0.243 e. The van der Waals surface area contributed by atoms with E-state index >= 15 is 0 Å². The van der Waals surface area contributed by atoms with Gasteiger partial charge in [0.2, 0.25) is 5.91 Å². The number of carbonyl (C=O) groups is 1. The third kappa shape index (κ3) is 6.39. The highest BCUT2D eigenvalue weighted by molar-refractivity contribution is 5.89. The maximum absolute atomic E-state index is 12.4. The number of methoxy groups -OCH3 is 2. The number of fused-ring (bicyclic) bond motifs is 1. The van der Waals surface area contributed by atoms with Crippen LogP contribution in [0.1, 0.15) is 23.1 Å². The lowest BCUT2D eigenvalue weighted by Crippen LogP contribution is -2.22. The van der Waals surface area contributed by atoms with Crippen LogP contribution in [0.4, 0.5) is 0 Å². The Morgan fingerprint density at radius 2 is 1.56 bits per heavy atom. The fourth-order valence-corrected chi connectivity index (χ4v) is 4.08. The van der Waals surface area contributed by atoms with Crippen LogP contribution in [0.25, 0.3) is 16.3 Å². The van der Waals surface area contributed by atoms with Crippen molar-refractivity contribution in [2.75, 3.05) is 20.8 Å². The van der Waals surface area contributed by atoms with Gasteiger partial charge in [0.1, 0.15) is 11.5 Å². The lowest BCUT2D eigenvalue weighted by molar-refractivity contribution is -0.116. The van der Waals surface area contributed by atoms with Crippen LogP contribution < -0.4 is 14.8 Å². The molecule has 0 saturated heterocycles. The van der Waals surface area contributed by atoms with Crippen molar-refractivity contribution in [3.05, 3.63) is 120 Å². The minimum absolute atomic E-state index is 0.116. The summed E-state index contributed by atoms with van der Waals surface area (Å²) in [4.78, 5) is 16.7. The zero-order valence-electron chi connectivity index (χ0n) is 20.6. The number of amides is 1. The fraction of sp³-hybridized carbons (Fsp3) is 0.161. The van der Waals surface area contributed by atoms with Crippen LogP contribution in [0.3, 0.4) is 0 Å². The molecule has 36 heavy (non-hydrogen) atoms. The van der Waals surface area contributed by atoms with E-state index in [4.69, 9.17) is 9.47 Å². The van der Waals surface area contributed by atoms with Gasteiger partial charge in [-0.2, -0.15) is 0 Å². The van der Waals surface area contributed by atoms with Crippen molar-refractivity contribution in [2.24, 2.45) is 0 Å². The van der Waals surface area contributed by atoms with E-state index in [0.29, 0.717) is 6.54 Å². The van der Waals surface area contributed by atoms with Gasteiger partial charge in [0.15, 0.2) is 0 Å². The molecule has 0 bridgehead atoms. The Kier molecular flexibility index (Phi) is 8.49. The average Bonchev–Trinajstić information content (AvgIpc) is 2.94. The van der Waals surface area contributed by atoms with Gasteiger partial charge in [-0.15, -0.1) is 0 Å². The number of rotatable bonds is 10. The van der Waals surface area contributed by atoms with E-state index < -0.39 is 0 Å². The number of nitrogens with one attached hydrogen (secondary N) is 1. The molecule has 0 saturated carbocycles. The van der Waals surface area contributed by atoms with Crippen molar-refractivity contribution >= 4 is 22.3 Å². The first-order valence-electron chi connectivity index (χ1n) is 11.9. The lowest BCUT2D eigenvalue weighted by atomic mass is 9.97. The van der Waals surface area contributed by atoms with E-state index in [-0.39, 0.29) is 5.91 Å². The summed E-state index contributed by atoms with van der Waals surface area (Å²) in [6.45, 7) is 0.605. The van der Waals surface area contributed by atoms with Crippen molar-refractivity contribution in [3.63, 3.8) is 0 Å². The number of ether oxygens (including phenoxy) is 2. The van der Waals surface area contributed by atoms with Crippen molar-refractivity contribution in [2.45, 2.75) is 12.8 Å². The number of carbonyl (C=O) groups excluding carboxylic acids is 1. The third-order valence-electron chi connectivity index (χ3n) is 6.01. The van der Waals surface area contributed by atoms with Gasteiger partial charge in [-0.25, -0.2) is 0 Å². The second kappa shape index (κ2) is 12.4. The predicted molar refractivity (Wildman–Crippen MR) is 145 cm³/mol. The van der Waals surface area contributed by atoms with Gasteiger partial charge in [0, 0.05) is 30.4 Å². The van der Waals surface area contributed by atoms with Gasteiger partial charge in [-0.3, -0.25) is 9.78 Å². The number of aromatic nitrogens is 1. The topological polar surface area (TPSA) is 60.5 Å². The van der Waals surface area contributed by atoms with E-state index in [1.807, 2.05) is 73.1 Å². The zero-order chi connectivity index (χ0) is 25.2. The molecule has 4 rings (SSSR count). The van der Waals surface area contributed by atoms with Gasteiger partial charge < -0.3 is 14.8 Å². The summed E-state index contributed by atoms with van der Waals surface area (Å²) in [7, 11) is 3.30. The Morgan fingerprint density at radius 3 is 2.19 bits per heavy atom. The summed E-state index contributed by atoms with van der Waals surface area (Å²) in [5.74, 6) is 1.47. The Hall–Kier alpha value is -4.38. The van der Waals surface area contributed by atoms with Gasteiger partial charge in [-0.05, 0) is 70.8 Å². The van der Waals surface area contributed by atoms with E-state index in [2.05, 4.69) is 28.5 Å². The van der Waals surface area contributed by atoms with Crippen molar-refractivity contribution < 1.29 is 14.3 Å². The van der Waals surface area contributed by atoms with Crippen LogP contribution in [0, 0.1) is 0 Å². The minimum atomic E-state index is -0.116. The molecule has 0 fully saturated rings. The number of hydrogen-bond donors (Lipinski definition) is 1. The zero-order valence-corrected chi connectivity index (χ0v) is 20.6. The van der Waals surface area contributed by atoms with Crippen LogP contribution in [-0.4, -0.2) is 31.7 Å². The Morgan fingerprint density at radius 1 is 0.889 bits per heavy atom. The van der Waals surface area contributed by atoms with E-state index in [9.17, 15) is 4.79 Å². The monoisotopic (exact) mass is 478 g/mol. The first kappa shape index (κ1) is 24.7. The molecular formula is C31H30N2O3. The maximum atomic E-state index is 12.4. The second-order valence-electron chi connectivity index (χ2n) is 8.30. The van der Waals surface area contributed by atoms with Crippen molar-refractivity contribution in [3.8, 4) is 11.5 Å². The fourth-order valence-electron chi connectivity index (χ4n) is 4.08. The summed E-state index contributed by atoms with van der Waals surface area (Å²) in [5, 5.41) is 5.33. The van der Waals surface area contributed by atoms with Gasteiger partial charge >= 0.3 is 0 Å². The number of aryl methyl sites for hydroxylation is 1. The molecule has 0 aliphatic heterocycles. The molecule has 0 spiro atoms. The third-order valence-corrected chi connectivity index (χ3v) is 6.01. The largest absolute Gasteiger partial charge is 0.497 e. The molecular weight excluding hydrogens is 448 g/mol. The first-order valence-corrected chi connectivity index (χ1v) is 11.9. The maximum Gasteiger partial charge on any atom is 0.243 e. The number of benzene rings is 3. The molecule has 3 aromatic carbocycles. The molecule has 1 aromatic heterocycles. The summed E-state index contributed by atoms with van der Waals surface area (Å²) >= 11 is 0. The number of hydrogen-bond acceptors (Lipinski definition) is 4. The van der Waals surface area contributed by atoms with Gasteiger partial charge in [-0.1, -0.05) is 54.6 Å². The molecule has 182 valence electrons. The Labute approximate surface area is 212 Å². The summed E-state index contributed by atoms with van der Waals surface area (Å²) < 4.78 is 10.6. The minimum Gasteiger partial charge on any atom is -0.497 e. The number of pyridine rings is 1. The SMILES string of the molecule is COc1ccc(C(=CC=CC(=O)NCCCc2cccc3ccncc23)c2ccc(OC)cc2)cc1. The van der Waals surface area contributed by atoms with Crippen LogP contribution in [0.2, 0.25) is 0 Å². The molecule has 5 heteroatoms. The second-order valence-corrected chi connectivity index (χ2v) is 8.30. The van der Waals surface area contributed by atoms with E-state index in [0.717, 1.165) is 41.0 Å². The standard InChI is InChI=1S/C31H30N2O3/c1-35-27-15-11-25(12-16-27)29(26-13-17-28(36-2)18-14-26)9-4-10-31(34)33-20-5-8-23-6-3-7-24-19-21-32-22-30(23)24/h3-4,6-7,9-19,21-22H,5,8,20H2,1-2H3,(H,33,34). The molecule has 0 radical (unpaired) electrons. The number of allylic oxidation sites excluding steroid dienone is 2. The average molecular weight is 479 g/mol. The molecule has 5 nitrogen and oxygen atoms in total. The van der Waals surface area contributed by atoms with Crippen LogP contribution in [-0.2, 0) is 11.2 Å². The van der Waals surface area contributed by atoms with Crippen LogP contribution >= 0.6 is 0 Å². The van der Waals surface area contributed by atoms with Crippen LogP contribution in [0.15, 0.2) is 103 Å².